The van der Waals surface area contributed by atoms with Gasteiger partial charge in [0, 0.05) is 6.42 Å². The molecule has 6 nitrogen and oxygen atoms in total. The van der Waals surface area contributed by atoms with Gasteiger partial charge in [-0.25, -0.2) is 14.6 Å². The number of aromatic nitrogens is 2. The summed E-state index contributed by atoms with van der Waals surface area (Å²) in [6, 6.07) is 0. The van der Waals surface area contributed by atoms with E-state index in [9.17, 15) is 9.59 Å². The predicted octanol–water partition coefficient (Wildman–Crippen LogP) is 1.00. The van der Waals surface area contributed by atoms with E-state index in [-0.39, 0.29) is 11.6 Å². The highest BCUT2D eigenvalue weighted by Gasteiger charge is 2.21. The standard InChI is InChI=1S/C9H12N2O4/c1-4(2)3-5-10-6(8(12)13)7(11-5)9(14)15/h4H,3H2,1-2H3,(H,10,11)(H,12,13)(H,14,15). The van der Waals surface area contributed by atoms with Gasteiger partial charge in [-0.3, -0.25) is 0 Å². The molecule has 0 bridgehead atoms. The number of carbonyl (C=O) groups is 2. The van der Waals surface area contributed by atoms with Crippen LogP contribution in [0.2, 0.25) is 0 Å². The molecule has 0 aliphatic heterocycles. The minimum absolute atomic E-state index is 0.277. The van der Waals surface area contributed by atoms with Gasteiger partial charge >= 0.3 is 11.9 Å². The summed E-state index contributed by atoms with van der Waals surface area (Å²) in [5.41, 5.74) is -0.795. The normalized spacial score (nSPS) is 10.6. The SMILES string of the molecule is CC(C)Cc1nc(C(=O)O)c(C(=O)O)[nH]1. The van der Waals surface area contributed by atoms with E-state index < -0.39 is 17.6 Å². The number of nitrogens with zero attached hydrogens (tertiary/aromatic N) is 1. The van der Waals surface area contributed by atoms with E-state index in [1.807, 2.05) is 13.8 Å². The van der Waals surface area contributed by atoms with Gasteiger partial charge in [0.15, 0.2) is 11.4 Å². The second-order valence-corrected chi connectivity index (χ2v) is 3.62. The first kappa shape index (κ1) is 11.2. The number of aromatic amines is 1. The zero-order valence-electron chi connectivity index (χ0n) is 8.44. The van der Waals surface area contributed by atoms with E-state index in [2.05, 4.69) is 9.97 Å². The summed E-state index contributed by atoms with van der Waals surface area (Å²) < 4.78 is 0. The lowest BCUT2D eigenvalue weighted by Gasteiger charge is -1.98. The minimum atomic E-state index is -1.33. The maximum atomic E-state index is 10.7. The number of H-pyrrole nitrogens is 1. The smallest absolute Gasteiger partial charge is 0.357 e. The number of imidazole rings is 1. The van der Waals surface area contributed by atoms with Crippen LogP contribution in [0.15, 0.2) is 0 Å². The molecule has 0 spiro atoms. The summed E-state index contributed by atoms with van der Waals surface area (Å²) >= 11 is 0. The van der Waals surface area contributed by atoms with Crippen molar-refractivity contribution in [3.8, 4) is 0 Å². The Hall–Kier alpha value is -1.85. The summed E-state index contributed by atoms with van der Waals surface area (Å²) in [5, 5.41) is 17.4. The molecule has 0 radical (unpaired) electrons. The fourth-order valence-electron chi connectivity index (χ4n) is 1.22. The van der Waals surface area contributed by atoms with Crippen LogP contribution >= 0.6 is 0 Å². The van der Waals surface area contributed by atoms with Crippen LogP contribution in [0.5, 0.6) is 0 Å². The second kappa shape index (κ2) is 4.12. The fourth-order valence-corrected chi connectivity index (χ4v) is 1.22. The Morgan fingerprint density at radius 2 is 1.93 bits per heavy atom. The quantitative estimate of drug-likeness (QED) is 0.690. The molecule has 15 heavy (non-hydrogen) atoms. The third-order valence-electron chi connectivity index (χ3n) is 1.77. The van der Waals surface area contributed by atoms with Crippen LogP contribution < -0.4 is 0 Å². The monoisotopic (exact) mass is 212 g/mol. The summed E-state index contributed by atoms with van der Waals surface area (Å²) in [6.07, 6.45) is 0.521. The van der Waals surface area contributed by atoms with Crippen LogP contribution in [0.4, 0.5) is 0 Å². The van der Waals surface area contributed by atoms with E-state index >= 15 is 0 Å². The average molecular weight is 212 g/mol. The van der Waals surface area contributed by atoms with Gasteiger partial charge in [0.1, 0.15) is 5.82 Å². The molecule has 1 aromatic heterocycles. The predicted molar refractivity (Wildman–Crippen MR) is 51.0 cm³/mol. The molecular formula is C9H12N2O4. The Morgan fingerprint density at radius 3 is 2.27 bits per heavy atom. The molecule has 0 unspecified atom stereocenters. The van der Waals surface area contributed by atoms with Gasteiger partial charge in [-0.2, -0.15) is 0 Å². The number of hydrogen-bond acceptors (Lipinski definition) is 3. The lowest BCUT2D eigenvalue weighted by Crippen LogP contribution is -2.07. The van der Waals surface area contributed by atoms with Gasteiger partial charge in [-0.05, 0) is 5.92 Å². The number of hydrogen-bond donors (Lipinski definition) is 3. The molecule has 0 atom stereocenters. The Labute approximate surface area is 86.0 Å². The second-order valence-electron chi connectivity index (χ2n) is 3.62. The van der Waals surface area contributed by atoms with Gasteiger partial charge < -0.3 is 15.2 Å². The van der Waals surface area contributed by atoms with Gasteiger partial charge in [-0.1, -0.05) is 13.8 Å². The van der Waals surface area contributed by atoms with E-state index in [4.69, 9.17) is 10.2 Å². The molecule has 1 heterocycles. The van der Waals surface area contributed by atoms with Crippen molar-refractivity contribution in [2.75, 3.05) is 0 Å². The maximum Gasteiger partial charge on any atom is 0.357 e. The summed E-state index contributed by atoms with van der Waals surface area (Å²) in [4.78, 5) is 27.6. The van der Waals surface area contributed by atoms with Gasteiger partial charge in [0.25, 0.3) is 0 Å². The lowest BCUT2D eigenvalue weighted by molar-refractivity contribution is 0.0644. The molecule has 1 aromatic rings. The molecular weight excluding hydrogens is 200 g/mol. The van der Waals surface area contributed by atoms with Crippen molar-refractivity contribution < 1.29 is 19.8 Å². The largest absolute Gasteiger partial charge is 0.477 e. The molecule has 0 aliphatic carbocycles. The fraction of sp³-hybridized carbons (Fsp3) is 0.444. The first-order chi connectivity index (χ1) is 6.91. The molecule has 0 amide bonds. The van der Waals surface area contributed by atoms with E-state index in [1.165, 1.54) is 0 Å². The number of carboxylic acid groups (broad SMARTS) is 2. The van der Waals surface area contributed by atoms with Crippen LogP contribution in [0.25, 0.3) is 0 Å². The van der Waals surface area contributed by atoms with Crippen LogP contribution in [-0.4, -0.2) is 32.1 Å². The third-order valence-corrected chi connectivity index (χ3v) is 1.77. The van der Waals surface area contributed by atoms with E-state index in [1.54, 1.807) is 0 Å². The molecule has 0 saturated carbocycles. The highest BCUT2D eigenvalue weighted by Crippen LogP contribution is 2.10. The van der Waals surface area contributed by atoms with Crippen LogP contribution in [0.1, 0.15) is 40.6 Å². The number of aromatic carboxylic acids is 2. The number of rotatable bonds is 4. The molecule has 0 aromatic carbocycles. The van der Waals surface area contributed by atoms with E-state index in [0.717, 1.165) is 0 Å². The Morgan fingerprint density at radius 1 is 1.33 bits per heavy atom. The van der Waals surface area contributed by atoms with Gasteiger partial charge in [0.2, 0.25) is 0 Å². The number of nitrogens with one attached hydrogen (secondary N) is 1. The number of carboxylic acids is 2. The van der Waals surface area contributed by atoms with Crippen LogP contribution in [0, 0.1) is 5.92 Å². The van der Waals surface area contributed by atoms with Gasteiger partial charge in [0.05, 0.1) is 0 Å². The topological polar surface area (TPSA) is 103 Å². The van der Waals surface area contributed by atoms with Crippen LogP contribution in [-0.2, 0) is 6.42 Å². The molecule has 6 heteroatoms. The van der Waals surface area contributed by atoms with Crippen molar-refractivity contribution in [3.05, 3.63) is 17.2 Å². The molecule has 0 fully saturated rings. The maximum absolute atomic E-state index is 10.7. The van der Waals surface area contributed by atoms with Crippen molar-refractivity contribution in [3.63, 3.8) is 0 Å². The zero-order valence-corrected chi connectivity index (χ0v) is 8.44. The van der Waals surface area contributed by atoms with Crippen molar-refractivity contribution in [2.45, 2.75) is 20.3 Å². The average Bonchev–Trinajstić information content (AvgIpc) is 2.46. The zero-order chi connectivity index (χ0) is 11.6. The minimum Gasteiger partial charge on any atom is -0.477 e. The molecule has 0 saturated heterocycles. The Balaban J connectivity index is 3.09. The third kappa shape index (κ3) is 2.55. The highest BCUT2D eigenvalue weighted by atomic mass is 16.4. The Kier molecular flexibility index (Phi) is 3.08. The molecule has 1 rings (SSSR count). The summed E-state index contributed by atoms with van der Waals surface area (Å²) in [5.74, 6) is -1.98. The summed E-state index contributed by atoms with van der Waals surface area (Å²) in [7, 11) is 0. The highest BCUT2D eigenvalue weighted by molar-refractivity contribution is 5.98. The van der Waals surface area contributed by atoms with E-state index in [0.29, 0.717) is 12.2 Å². The molecule has 0 aliphatic rings. The lowest BCUT2D eigenvalue weighted by atomic mass is 10.1. The van der Waals surface area contributed by atoms with Crippen molar-refractivity contribution in [1.29, 1.82) is 0 Å². The van der Waals surface area contributed by atoms with Crippen molar-refractivity contribution >= 4 is 11.9 Å². The Bertz CT molecular complexity index is 363. The van der Waals surface area contributed by atoms with Gasteiger partial charge in [-0.15, -0.1) is 0 Å². The molecule has 82 valence electrons. The van der Waals surface area contributed by atoms with Crippen molar-refractivity contribution in [1.82, 2.24) is 9.97 Å². The summed E-state index contributed by atoms with van der Waals surface area (Å²) in [6.45, 7) is 3.87. The van der Waals surface area contributed by atoms with Crippen molar-refractivity contribution in [2.24, 2.45) is 5.92 Å². The first-order valence-electron chi connectivity index (χ1n) is 4.47. The first-order valence-corrected chi connectivity index (χ1v) is 4.47. The molecule has 3 N–H and O–H groups in total. The van der Waals surface area contributed by atoms with Crippen LogP contribution in [0.3, 0.4) is 0 Å².